The SMILES string of the molecule is CN1CCN(C(=O)NCCc2csc3ccccc23)C(c2ccccc2)C1. The van der Waals surface area contributed by atoms with Crippen LogP contribution in [0.5, 0.6) is 0 Å². The topological polar surface area (TPSA) is 35.6 Å². The van der Waals surface area contributed by atoms with E-state index in [-0.39, 0.29) is 12.1 Å². The van der Waals surface area contributed by atoms with Gasteiger partial charge in [0.25, 0.3) is 0 Å². The van der Waals surface area contributed by atoms with Crippen molar-refractivity contribution in [2.45, 2.75) is 12.5 Å². The predicted molar refractivity (Wildman–Crippen MR) is 112 cm³/mol. The van der Waals surface area contributed by atoms with E-state index in [9.17, 15) is 4.79 Å². The van der Waals surface area contributed by atoms with Gasteiger partial charge in [0, 0.05) is 30.9 Å². The Hall–Kier alpha value is -2.37. The molecule has 1 aliphatic rings. The molecule has 0 bridgehead atoms. The second kappa shape index (κ2) is 8.11. The lowest BCUT2D eigenvalue weighted by Crippen LogP contribution is -2.52. The minimum atomic E-state index is 0.0384. The van der Waals surface area contributed by atoms with Crippen molar-refractivity contribution in [2.75, 3.05) is 33.2 Å². The van der Waals surface area contributed by atoms with Gasteiger partial charge in [0.15, 0.2) is 0 Å². The summed E-state index contributed by atoms with van der Waals surface area (Å²) >= 11 is 1.77. The zero-order valence-electron chi connectivity index (χ0n) is 15.6. The highest BCUT2D eigenvalue weighted by Gasteiger charge is 2.29. The van der Waals surface area contributed by atoms with Gasteiger partial charge < -0.3 is 15.1 Å². The lowest BCUT2D eigenvalue weighted by atomic mass is 10.0. The zero-order valence-corrected chi connectivity index (χ0v) is 16.4. The van der Waals surface area contributed by atoms with Crippen LogP contribution < -0.4 is 5.32 Å². The summed E-state index contributed by atoms with van der Waals surface area (Å²) in [7, 11) is 2.12. The lowest BCUT2D eigenvalue weighted by molar-refractivity contribution is 0.109. The summed E-state index contributed by atoms with van der Waals surface area (Å²) < 4.78 is 1.31. The maximum Gasteiger partial charge on any atom is 0.318 e. The van der Waals surface area contributed by atoms with Gasteiger partial charge in [-0.3, -0.25) is 0 Å². The van der Waals surface area contributed by atoms with Crippen molar-refractivity contribution in [3.05, 3.63) is 71.1 Å². The number of carbonyl (C=O) groups is 1. The molecule has 0 spiro atoms. The Bertz CT molecular complexity index is 908. The van der Waals surface area contributed by atoms with Crippen LogP contribution in [-0.2, 0) is 6.42 Å². The Morgan fingerprint density at radius 3 is 2.74 bits per heavy atom. The molecule has 27 heavy (non-hydrogen) atoms. The molecule has 1 aliphatic heterocycles. The van der Waals surface area contributed by atoms with Gasteiger partial charge in [0.05, 0.1) is 6.04 Å². The van der Waals surface area contributed by atoms with Gasteiger partial charge in [-0.15, -0.1) is 11.3 Å². The Balaban J connectivity index is 1.40. The molecule has 1 fully saturated rings. The molecule has 0 saturated carbocycles. The number of carbonyl (C=O) groups excluding carboxylic acids is 1. The van der Waals surface area contributed by atoms with E-state index in [1.807, 2.05) is 23.1 Å². The van der Waals surface area contributed by atoms with E-state index < -0.39 is 0 Å². The van der Waals surface area contributed by atoms with E-state index in [1.54, 1.807) is 11.3 Å². The van der Waals surface area contributed by atoms with Gasteiger partial charge in [-0.2, -0.15) is 0 Å². The Morgan fingerprint density at radius 2 is 1.89 bits per heavy atom. The summed E-state index contributed by atoms with van der Waals surface area (Å²) in [6, 6.07) is 18.9. The van der Waals surface area contributed by atoms with Crippen molar-refractivity contribution >= 4 is 27.5 Å². The number of amides is 2. The fraction of sp³-hybridized carbons (Fsp3) is 0.318. The molecular formula is C22H25N3OS. The fourth-order valence-corrected chi connectivity index (χ4v) is 4.75. The number of rotatable bonds is 4. The van der Waals surface area contributed by atoms with E-state index in [1.165, 1.54) is 21.2 Å². The molecule has 3 aromatic rings. The molecule has 2 amide bonds. The predicted octanol–water partition coefficient (Wildman–Crippen LogP) is 4.14. The molecule has 140 valence electrons. The van der Waals surface area contributed by atoms with Gasteiger partial charge >= 0.3 is 6.03 Å². The van der Waals surface area contributed by atoms with E-state index >= 15 is 0 Å². The van der Waals surface area contributed by atoms with Gasteiger partial charge in [-0.25, -0.2) is 4.79 Å². The van der Waals surface area contributed by atoms with Crippen molar-refractivity contribution in [2.24, 2.45) is 0 Å². The Kier molecular flexibility index (Phi) is 5.41. The molecular weight excluding hydrogens is 354 g/mol. The smallest absolute Gasteiger partial charge is 0.318 e. The van der Waals surface area contributed by atoms with Crippen LogP contribution in [0.2, 0.25) is 0 Å². The summed E-state index contributed by atoms with van der Waals surface area (Å²) in [5.74, 6) is 0. The summed E-state index contributed by atoms with van der Waals surface area (Å²) in [6.07, 6.45) is 0.861. The molecule has 0 aliphatic carbocycles. The first-order chi connectivity index (χ1) is 13.2. The van der Waals surface area contributed by atoms with Crippen LogP contribution in [0.25, 0.3) is 10.1 Å². The summed E-state index contributed by atoms with van der Waals surface area (Å²) in [6.45, 7) is 3.19. The number of nitrogens with zero attached hydrogens (tertiary/aromatic N) is 2. The molecule has 2 heterocycles. The van der Waals surface area contributed by atoms with Crippen LogP contribution in [0.15, 0.2) is 60.0 Å². The van der Waals surface area contributed by atoms with Crippen molar-refractivity contribution in [1.29, 1.82) is 0 Å². The molecule has 2 aromatic carbocycles. The summed E-state index contributed by atoms with van der Waals surface area (Å²) in [5, 5.41) is 6.65. The van der Waals surface area contributed by atoms with Crippen LogP contribution in [-0.4, -0.2) is 49.1 Å². The maximum absolute atomic E-state index is 12.9. The second-order valence-electron chi connectivity index (χ2n) is 7.12. The molecule has 0 radical (unpaired) electrons. The zero-order chi connectivity index (χ0) is 18.6. The Morgan fingerprint density at radius 1 is 1.11 bits per heavy atom. The van der Waals surface area contributed by atoms with Gasteiger partial charge in [0.1, 0.15) is 0 Å². The molecule has 1 atom stereocenters. The van der Waals surface area contributed by atoms with E-state index in [2.05, 4.69) is 59.0 Å². The molecule has 4 rings (SSSR count). The van der Waals surface area contributed by atoms with Crippen LogP contribution in [0, 0.1) is 0 Å². The average molecular weight is 380 g/mol. The third kappa shape index (κ3) is 3.99. The molecule has 1 N–H and O–H groups in total. The lowest BCUT2D eigenvalue weighted by Gasteiger charge is -2.40. The number of thiophene rings is 1. The molecule has 1 unspecified atom stereocenters. The number of hydrogen-bond acceptors (Lipinski definition) is 3. The molecule has 1 saturated heterocycles. The molecule has 5 heteroatoms. The van der Waals surface area contributed by atoms with Gasteiger partial charge in [-0.1, -0.05) is 48.5 Å². The number of urea groups is 1. The standard InChI is InChI=1S/C22H25N3OS/c1-24-13-14-25(20(15-24)17-7-3-2-4-8-17)22(26)23-12-11-18-16-27-21-10-6-5-9-19(18)21/h2-10,16,20H,11-15H2,1H3,(H,23,26). The number of benzene rings is 2. The number of piperazine rings is 1. The largest absolute Gasteiger partial charge is 0.338 e. The van der Waals surface area contributed by atoms with Gasteiger partial charge in [-0.05, 0) is 41.4 Å². The monoisotopic (exact) mass is 379 g/mol. The van der Waals surface area contributed by atoms with Crippen molar-refractivity contribution in [1.82, 2.24) is 15.1 Å². The van der Waals surface area contributed by atoms with Crippen LogP contribution in [0.3, 0.4) is 0 Å². The van der Waals surface area contributed by atoms with Gasteiger partial charge in [0.2, 0.25) is 0 Å². The number of hydrogen-bond donors (Lipinski definition) is 1. The summed E-state index contributed by atoms with van der Waals surface area (Å²) in [5.41, 5.74) is 2.51. The number of nitrogens with one attached hydrogen (secondary N) is 1. The van der Waals surface area contributed by atoms with Crippen molar-refractivity contribution in [3.63, 3.8) is 0 Å². The second-order valence-corrected chi connectivity index (χ2v) is 8.03. The number of likely N-dealkylation sites (N-methyl/N-ethyl adjacent to an activating group) is 1. The third-order valence-corrected chi connectivity index (χ3v) is 6.27. The normalized spacial score (nSPS) is 18.0. The van der Waals surface area contributed by atoms with E-state index in [0.717, 1.165) is 26.1 Å². The molecule has 4 nitrogen and oxygen atoms in total. The quantitative estimate of drug-likeness (QED) is 0.739. The third-order valence-electron chi connectivity index (χ3n) is 5.26. The first-order valence-electron chi connectivity index (χ1n) is 9.45. The first-order valence-corrected chi connectivity index (χ1v) is 10.3. The highest BCUT2D eigenvalue weighted by atomic mass is 32.1. The minimum Gasteiger partial charge on any atom is -0.338 e. The van der Waals surface area contributed by atoms with Crippen LogP contribution in [0.4, 0.5) is 4.79 Å². The highest BCUT2D eigenvalue weighted by Crippen LogP contribution is 2.26. The number of fused-ring (bicyclic) bond motifs is 1. The average Bonchev–Trinajstić information content (AvgIpc) is 3.12. The minimum absolute atomic E-state index is 0.0384. The van der Waals surface area contributed by atoms with E-state index in [4.69, 9.17) is 0 Å². The van der Waals surface area contributed by atoms with E-state index in [0.29, 0.717) is 6.54 Å². The maximum atomic E-state index is 12.9. The first kappa shape index (κ1) is 18.0. The van der Waals surface area contributed by atoms with Crippen LogP contribution >= 0.6 is 11.3 Å². The molecule has 1 aromatic heterocycles. The highest BCUT2D eigenvalue weighted by molar-refractivity contribution is 7.17. The summed E-state index contributed by atoms with van der Waals surface area (Å²) in [4.78, 5) is 17.2. The fourth-order valence-electron chi connectivity index (χ4n) is 3.76. The van der Waals surface area contributed by atoms with Crippen LogP contribution in [0.1, 0.15) is 17.2 Å². The Labute approximate surface area is 164 Å². The van der Waals surface area contributed by atoms with Crippen molar-refractivity contribution in [3.8, 4) is 0 Å². The van der Waals surface area contributed by atoms with Crippen molar-refractivity contribution < 1.29 is 4.79 Å².